The van der Waals surface area contributed by atoms with Crippen LogP contribution in [0.15, 0.2) is 29.0 Å². The third kappa shape index (κ3) is 2.43. The van der Waals surface area contributed by atoms with Crippen molar-refractivity contribution in [3.63, 3.8) is 0 Å². The van der Waals surface area contributed by atoms with Crippen LogP contribution in [-0.2, 0) is 0 Å². The van der Waals surface area contributed by atoms with Gasteiger partial charge in [0.2, 0.25) is 0 Å². The Morgan fingerprint density at radius 1 is 1.35 bits per heavy atom. The van der Waals surface area contributed by atoms with Gasteiger partial charge in [-0.2, -0.15) is 0 Å². The zero-order chi connectivity index (χ0) is 12.4. The third-order valence-corrected chi connectivity index (χ3v) is 3.60. The van der Waals surface area contributed by atoms with E-state index < -0.39 is 5.97 Å². The maximum atomic E-state index is 11.0. The molecule has 0 aliphatic heterocycles. The topological polar surface area (TPSA) is 49.3 Å². The Hall–Kier alpha value is -1.52. The number of carboxylic acids is 1. The van der Waals surface area contributed by atoms with Gasteiger partial charge < -0.3 is 10.4 Å². The zero-order valence-electron chi connectivity index (χ0n) is 9.03. The number of hydrogen-bond donors (Lipinski definition) is 2. The van der Waals surface area contributed by atoms with E-state index in [2.05, 4.69) is 5.32 Å². The molecule has 1 heterocycles. The number of nitrogens with one attached hydrogen (secondary N) is 1. The molecule has 0 aliphatic carbocycles. The van der Waals surface area contributed by atoms with Crippen LogP contribution in [0, 0.1) is 6.92 Å². The number of carbonyl (C=O) groups is 1. The Morgan fingerprint density at radius 3 is 2.82 bits per heavy atom. The van der Waals surface area contributed by atoms with Crippen molar-refractivity contribution in [2.24, 2.45) is 0 Å². The predicted octanol–water partition coefficient (Wildman–Crippen LogP) is 4.15. The molecule has 88 valence electrons. The molecule has 1 aromatic heterocycles. The molecule has 0 aliphatic rings. The van der Waals surface area contributed by atoms with Gasteiger partial charge in [0, 0.05) is 10.8 Å². The quantitative estimate of drug-likeness (QED) is 0.878. The lowest BCUT2D eigenvalue weighted by molar-refractivity contribution is 0.0698. The first-order valence-corrected chi connectivity index (χ1v) is 6.23. The molecule has 1 aromatic carbocycles. The van der Waals surface area contributed by atoms with Crippen LogP contribution in [0.1, 0.15) is 15.9 Å². The molecular weight excluding hydrogens is 258 g/mol. The molecule has 0 spiro atoms. The monoisotopic (exact) mass is 267 g/mol. The molecule has 0 unspecified atom stereocenters. The number of carboxylic acid groups (broad SMARTS) is 1. The van der Waals surface area contributed by atoms with Gasteiger partial charge in [0.05, 0.1) is 22.0 Å². The highest BCUT2D eigenvalue weighted by Gasteiger charge is 2.12. The van der Waals surface area contributed by atoms with E-state index in [4.69, 9.17) is 16.7 Å². The highest BCUT2D eigenvalue weighted by molar-refractivity contribution is 7.08. The van der Waals surface area contributed by atoms with Crippen LogP contribution in [0.2, 0.25) is 5.02 Å². The Balaban J connectivity index is 2.35. The van der Waals surface area contributed by atoms with Gasteiger partial charge in [0.25, 0.3) is 0 Å². The first-order chi connectivity index (χ1) is 8.09. The smallest absolute Gasteiger partial charge is 0.338 e. The third-order valence-electron chi connectivity index (χ3n) is 2.35. The van der Waals surface area contributed by atoms with Crippen molar-refractivity contribution in [3.8, 4) is 0 Å². The maximum absolute atomic E-state index is 11.0. The van der Waals surface area contributed by atoms with E-state index in [1.807, 2.05) is 25.1 Å². The number of thiophene rings is 1. The Kier molecular flexibility index (Phi) is 3.36. The minimum Gasteiger partial charge on any atom is -0.478 e. The zero-order valence-corrected chi connectivity index (χ0v) is 10.6. The van der Waals surface area contributed by atoms with Crippen molar-refractivity contribution in [2.75, 3.05) is 5.32 Å². The van der Waals surface area contributed by atoms with Crippen molar-refractivity contribution < 1.29 is 9.90 Å². The van der Waals surface area contributed by atoms with E-state index in [-0.39, 0.29) is 5.56 Å². The molecule has 0 atom stereocenters. The van der Waals surface area contributed by atoms with E-state index in [1.54, 1.807) is 10.8 Å². The van der Waals surface area contributed by atoms with Gasteiger partial charge >= 0.3 is 5.97 Å². The predicted molar refractivity (Wildman–Crippen MR) is 70.8 cm³/mol. The Bertz CT molecular complexity index is 565. The fourth-order valence-corrected chi connectivity index (χ4v) is 2.38. The molecule has 3 nitrogen and oxygen atoms in total. The Labute approximate surface area is 108 Å². The first kappa shape index (κ1) is 12.0. The minimum atomic E-state index is -0.947. The minimum absolute atomic E-state index is 0.257. The number of benzene rings is 1. The van der Waals surface area contributed by atoms with E-state index in [9.17, 15) is 4.79 Å². The number of aromatic carboxylic acids is 1. The molecule has 2 rings (SSSR count). The fourth-order valence-electron chi connectivity index (χ4n) is 1.45. The van der Waals surface area contributed by atoms with Gasteiger partial charge in [-0.1, -0.05) is 23.7 Å². The van der Waals surface area contributed by atoms with Gasteiger partial charge in [-0.05, 0) is 18.6 Å². The first-order valence-electron chi connectivity index (χ1n) is 4.91. The lowest BCUT2D eigenvalue weighted by atomic mass is 10.2. The molecule has 5 heteroatoms. The van der Waals surface area contributed by atoms with Crippen molar-refractivity contribution in [1.82, 2.24) is 0 Å². The molecule has 2 N–H and O–H groups in total. The summed E-state index contributed by atoms with van der Waals surface area (Å²) in [5.74, 6) is -0.947. The standard InChI is InChI=1S/C12H10ClNO2S/c1-7-3-2-4-9(11(7)13)14-10-6-17-5-8(10)12(15)16/h2-6,14H,1H3,(H,15,16). The summed E-state index contributed by atoms with van der Waals surface area (Å²) in [5.41, 5.74) is 2.49. The average molecular weight is 268 g/mol. The van der Waals surface area contributed by atoms with E-state index >= 15 is 0 Å². The van der Waals surface area contributed by atoms with Crippen LogP contribution in [0.5, 0.6) is 0 Å². The van der Waals surface area contributed by atoms with Crippen molar-refractivity contribution in [3.05, 3.63) is 45.1 Å². The second-order valence-electron chi connectivity index (χ2n) is 3.57. The van der Waals surface area contributed by atoms with Crippen LogP contribution < -0.4 is 5.32 Å². The summed E-state index contributed by atoms with van der Waals surface area (Å²) < 4.78 is 0. The summed E-state index contributed by atoms with van der Waals surface area (Å²) in [5, 5.41) is 16.0. The highest BCUT2D eigenvalue weighted by atomic mass is 35.5. The van der Waals surface area contributed by atoms with Crippen LogP contribution >= 0.6 is 22.9 Å². The largest absolute Gasteiger partial charge is 0.478 e. The SMILES string of the molecule is Cc1cccc(Nc2cscc2C(=O)O)c1Cl. The molecule has 0 saturated carbocycles. The van der Waals surface area contributed by atoms with Gasteiger partial charge in [-0.15, -0.1) is 11.3 Å². The number of halogens is 1. The second-order valence-corrected chi connectivity index (χ2v) is 4.69. The van der Waals surface area contributed by atoms with Crippen LogP contribution in [-0.4, -0.2) is 11.1 Å². The second kappa shape index (κ2) is 4.77. The molecule has 0 fully saturated rings. The van der Waals surface area contributed by atoms with Crippen LogP contribution in [0.4, 0.5) is 11.4 Å². The molecule has 0 bridgehead atoms. The van der Waals surface area contributed by atoms with E-state index in [0.717, 1.165) is 5.56 Å². The Morgan fingerprint density at radius 2 is 2.12 bits per heavy atom. The average Bonchev–Trinajstić information content (AvgIpc) is 2.73. The normalized spacial score (nSPS) is 10.2. The lowest BCUT2D eigenvalue weighted by Gasteiger charge is -2.09. The van der Waals surface area contributed by atoms with Gasteiger partial charge in [0.15, 0.2) is 0 Å². The molecule has 17 heavy (non-hydrogen) atoms. The number of aryl methyl sites for hydroxylation is 1. The number of hydrogen-bond acceptors (Lipinski definition) is 3. The van der Waals surface area contributed by atoms with E-state index in [0.29, 0.717) is 16.4 Å². The van der Waals surface area contributed by atoms with Gasteiger partial charge in [0.1, 0.15) is 0 Å². The van der Waals surface area contributed by atoms with Crippen LogP contribution in [0.25, 0.3) is 0 Å². The van der Waals surface area contributed by atoms with Gasteiger partial charge in [-0.3, -0.25) is 0 Å². The fraction of sp³-hybridized carbons (Fsp3) is 0.0833. The summed E-state index contributed by atoms with van der Waals surface area (Å²) in [7, 11) is 0. The van der Waals surface area contributed by atoms with Crippen LogP contribution in [0.3, 0.4) is 0 Å². The summed E-state index contributed by atoms with van der Waals surface area (Å²) in [6, 6.07) is 5.59. The molecule has 2 aromatic rings. The van der Waals surface area contributed by atoms with Crippen molar-refractivity contribution in [1.29, 1.82) is 0 Å². The summed E-state index contributed by atoms with van der Waals surface area (Å²) in [6.45, 7) is 1.90. The van der Waals surface area contributed by atoms with E-state index in [1.165, 1.54) is 11.3 Å². The van der Waals surface area contributed by atoms with Crippen molar-refractivity contribution >= 4 is 40.3 Å². The number of rotatable bonds is 3. The molecule has 0 radical (unpaired) electrons. The summed E-state index contributed by atoms with van der Waals surface area (Å²) in [4.78, 5) is 11.0. The highest BCUT2D eigenvalue weighted by Crippen LogP contribution is 2.31. The van der Waals surface area contributed by atoms with Crippen molar-refractivity contribution in [2.45, 2.75) is 6.92 Å². The number of anilines is 2. The van der Waals surface area contributed by atoms with Gasteiger partial charge in [-0.25, -0.2) is 4.79 Å². The maximum Gasteiger partial charge on any atom is 0.338 e. The summed E-state index contributed by atoms with van der Waals surface area (Å²) in [6.07, 6.45) is 0. The lowest BCUT2D eigenvalue weighted by Crippen LogP contribution is -2.00. The molecule has 0 amide bonds. The molecular formula is C12H10ClNO2S. The summed E-state index contributed by atoms with van der Waals surface area (Å²) >= 11 is 7.47. The molecule has 0 saturated heterocycles.